The van der Waals surface area contributed by atoms with Crippen molar-refractivity contribution in [2.45, 2.75) is 51.2 Å². The first-order valence-electron chi connectivity index (χ1n) is 9.68. The minimum atomic E-state index is -0.802. The fraction of sp³-hybridized carbons (Fsp3) is 0.391. The van der Waals surface area contributed by atoms with Crippen LogP contribution in [0.5, 0.6) is 5.75 Å². The fourth-order valence-electron chi connectivity index (χ4n) is 3.31. The first-order chi connectivity index (χ1) is 13.7. The summed E-state index contributed by atoms with van der Waals surface area (Å²) < 4.78 is 6.11. The van der Waals surface area contributed by atoms with Crippen LogP contribution in [-0.4, -0.2) is 34.9 Å². The monoisotopic (exact) mass is 506 g/mol. The first kappa shape index (κ1) is 21.6. The highest BCUT2D eigenvalue weighted by Crippen LogP contribution is 2.44. The highest BCUT2D eigenvalue weighted by atomic mass is 127. The van der Waals surface area contributed by atoms with E-state index in [0.717, 1.165) is 14.9 Å². The molecule has 5 nitrogen and oxygen atoms in total. The SMILES string of the molecule is COc1ccc(CN(C(=O)c2ccccc2I)C2(C(=O)NC(C)(C)C)CC2)cc1. The molecule has 0 atom stereocenters. The second-order valence-corrected chi connectivity index (χ2v) is 9.62. The van der Waals surface area contributed by atoms with Crippen LogP contribution in [0.15, 0.2) is 48.5 Å². The number of rotatable bonds is 6. The standard InChI is InChI=1S/C23H27IN2O3/c1-22(2,3)25-21(28)23(13-14-23)26(15-16-9-11-17(29-4)12-10-16)20(27)18-7-5-6-8-19(18)24/h5-12H,13-15H2,1-4H3,(H,25,28). The molecule has 1 saturated carbocycles. The maximum Gasteiger partial charge on any atom is 0.256 e. The van der Waals surface area contributed by atoms with Crippen molar-refractivity contribution in [1.82, 2.24) is 10.2 Å². The Hall–Kier alpha value is -2.09. The van der Waals surface area contributed by atoms with Crippen LogP contribution < -0.4 is 10.1 Å². The zero-order valence-electron chi connectivity index (χ0n) is 17.3. The molecule has 3 rings (SSSR count). The predicted octanol–water partition coefficient (Wildman–Crippen LogP) is 4.39. The Labute approximate surface area is 186 Å². The Kier molecular flexibility index (Phi) is 6.22. The third-order valence-electron chi connectivity index (χ3n) is 5.00. The van der Waals surface area contributed by atoms with Gasteiger partial charge in [-0.3, -0.25) is 9.59 Å². The molecular weight excluding hydrogens is 479 g/mol. The molecule has 0 unspecified atom stereocenters. The Morgan fingerprint density at radius 2 is 1.72 bits per heavy atom. The predicted molar refractivity (Wildman–Crippen MR) is 122 cm³/mol. The number of ether oxygens (including phenoxy) is 1. The Balaban J connectivity index is 1.96. The zero-order chi connectivity index (χ0) is 21.2. The van der Waals surface area contributed by atoms with Crippen molar-refractivity contribution in [3.8, 4) is 5.75 Å². The molecule has 1 N–H and O–H groups in total. The summed E-state index contributed by atoms with van der Waals surface area (Å²) in [6.07, 6.45) is 1.33. The molecule has 29 heavy (non-hydrogen) atoms. The summed E-state index contributed by atoms with van der Waals surface area (Å²) in [5, 5.41) is 3.07. The number of benzene rings is 2. The van der Waals surface area contributed by atoms with E-state index in [4.69, 9.17) is 4.74 Å². The Morgan fingerprint density at radius 1 is 1.10 bits per heavy atom. The molecule has 154 valence electrons. The lowest BCUT2D eigenvalue weighted by molar-refractivity contribution is -0.128. The molecule has 0 bridgehead atoms. The van der Waals surface area contributed by atoms with Crippen LogP contribution in [0.3, 0.4) is 0 Å². The van der Waals surface area contributed by atoms with Crippen molar-refractivity contribution >= 4 is 34.4 Å². The van der Waals surface area contributed by atoms with Crippen molar-refractivity contribution in [2.24, 2.45) is 0 Å². The third kappa shape index (κ3) is 4.91. The molecule has 2 aromatic rings. The minimum Gasteiger partial charge on any atom is -0.497 e. The molecule has 2 amide bonds. The van der Waals surface area contributed by atoms with Gasteiger partial charge in [0.1, 0.15) is 11.3 Å². The number of carbonyl (C=O) groups is 2. The van der Waals surface area contributed by atoms with Crippen molar-refractivity contribution in [3.05, 3.63) is 63.2 Å². The molecule has 0 aromatic heterocycles. The number of carbonyl (C=O) groups excluding carboxylic acids is 2. The quantitative estimate of drug-likeness (QED) is 0.592. The van der Waals surface area contributed by atoms with E-state index in [0.29, 0.717) is 24.9 Å². The fourth-order valence-corrected chi connectivity index (χ4v) is 3.92. The van der Waals surface area contributed by atoms with E-state index in [2.05, 4.69) is 27.9 Å². The van der Waals surface area contributed by atoms with Gasteiger partial charge in [0, 0.05) is 15.7 Å². The Morgan fingerprint density at radius 3 is 2.24 bits per heavy atom. The van der Waals surface area contributed by atoms with Crippen LogP contribution >= 0.6 is 22.6 Å². The third-order valence-corrected chi connectivity index (χ3v) is 5.94. The molecule has 0 heterocycles. The second kappa shape index (κ2) is 8.34. The molecule has 0 saturated heterocycles. The maximum atomic E-state index is 13.6. The van der Waals surface area contributed by atoms with E-state index in [1.807, 2.05) is 69.3 Å². The van der Waals surface area contributed by atoms with Crippen LogP contribution in [0.1, 0.15) is 49.5 Å². The van der Waals surface area contributed by atoms with Gasteiger partial charge in [-0.15, -0.1) is 0 Å². The van der Waals surface area contributed by atoms with Gasteiger partial charge in [0.05, 0.1) is 12.7 Å². The minimum absolute atomic E-state index is 0.0854. The number of nitrogens with zero attached hydrogens (tertiary/aromatic N) is 1. The number of amides is 2. The van der Waals surface area contributed by atoms with Crippen LogP contribution in [-0.2, 0) is 11.3 Å². The van der Waals surface area contributed by atoms with Crippen LogP contribution in [0.25, 0.3) is 0 Å². The van der Waals surface area contributed by atoms with Gasteiger partial charge in [-0.05, 0) is 86.0 Å². The van der Waals surface area contributed by atoms with E-state index in [-0.39, 0.29) is 17.4 Å². The highest BCUT2D eigenvalue weighted by Gasteiger charge is 2.57. The van der Waals surface area contributed by atoms with E-state index < -0.39 is 5.54 Å². The molecule has 1 aliphatic carbocycles. The molecule has 2 aromatic carbocycles. The molecule has 1 aliphatic rings. The van der Waals surface area contributed by atoms with E-state index >= 15 is 0 Å². The van der Waals surface area contributed by atoms with Gasteiger partial charge in [-0.25, -0.2) is 0 Å². The normalized spacial score (nSPS) is 14.8. The number of methoxy groups -OCH3 is 1. The smallest absolute Gasteiger partial charge is 0.256 e. The highest BCUT2D eigenvalue weighted by molar-refractivity contribution is 14.1. The second-order valence-electron chi connectivity index (χ2n) is 8.45. The molecule has 0 aliphatic heterocycles. The van der Waals surface area contributed by atoms with Gasteiger partial charge >= 0.3 is 0 Å². The lowest BCUT2D eigenvalue weighted by Gasteiger charge is -2.34. The van der Waals surface area contributed by atoms with E-state index in [9.17, 15) is 9.59 Å². The van der Waals surface area contributed by atoms with Crippen molar-refractivity contribution in [1.29, 1.82) is 0 Å². The number of hydrogen-bond acceptors (Lipinski definition) is 3. The largest absolute Gasteiger partial charge is 0.497 e. The number of halogens is 1. The van der Waals surface area contributed by atoms with E-state index in [1.165, 1.54) is 0 Å². The first-order valence-corrected chi connectivity index (χ1v) is 10.8. The van der Waals surface area contributed by atoms with Crippen molar-refractivity contribution in [2.75, 3.05) is 7.11 Å². The van der Waals surface area contributed by atoms with Gasteiger partial charge in [0.25, 0.3) is 5.91 Å². The number of nitrogens with one attached hydrogen (secondary N) is 1. The molecule has 0 spiro atoms. The van der Waals surface area contributed by atoms with E-state index in [1.54, 1.807) is 12.0 Å². The lowest BCUT2D eigenvalue weighted by Crippen LogP contribution is -2.55. The van der Waals surface area contributed by atoms with Gasteiger partial charge in [0.2, 0.25) is 5.91 Å². The molecule has 1 fully saturated rings. The number of hydrogen-bond donors (Lipinski definition) is 1. The van der Waals surface area contributed by atoms with Gasteiger partial charge in [-0.1, -0.05) is 24.3 Å². The van der Waals surface area contributed by atoms with Gasteiger partial charge in [-0.2, -0.15) is 0 Å². The summed E-state index contributed by atoms with van der Waals surface area (Å²) in [5.74, 6) is 0.557. The van der Waals surface area contributed by atoms with Crippen LogP contribution in [0.4, 0.5) is 0 Å². The molecule has 0 radical (unpaired) electrons. The van der Waals surface area contributed by atoms with Crippen molar-refractivity contribution < 1.29 is 14.3 Å². The van der Waals surface area contributed by atoms with Crippen LogP contribution in [0.2, 0.25) is 0 Å². The summed E-state index contributed by atoms with van der Waals surface area (Å²) in [6, 6.07) is 15.1. The van der Waals surface area contributed by atoms with Crippen molar-refractivity contribution in [3.63, 3.8) is 0 Å². The lowest BCUT2D eigenvalue weighted by atomic mass is 10.0. The Bertz CT molecular complexity index is 899. The van der Waals surface area contributed by atoms with Gasteiger partial charge in [0.15, 0.2) is 0 Å². The average Bonchev–Trinajstić information content (AvgIpc) is 3.47. The molecule has 6 heteroatoms. The summed E-state index contributed by atoms with van der Waals surface area (Å²) in [5.41, 5.74) is 0.419. The average molecular weight is 506 g/mol. The summed E-state index contributed by atoms with van der Waals surface area (Å²) in [7, 11) is 1.62. The topological polar surface area (TPSA) is 58.6 Å². The summed E-state index contributed by atoms with van der Waals surface area (Å²) in [6.45, 7) is 6.23. The summed E-state index contributed by atoms with van der Waals surface area (Å²) in [4.78, 5) is 28.5. The van der Waals surface area contributed by atoms with Crippen LogP contribution in [0, 0.1) is 3.57 Å². The maximum absolute atomic E-state index is 13.6. The van der Waals surface area contributed by atoms with Gasteiger partial charge < -0.3 is 15.0 Å². The summed E-state index contributed by atoms with van der Waals surface area (Å²) >= 11 is 2.17. The zero-order valence-corrected chi connectivity index (χ0v) is 19.4. The molecular formula is C23H27IN2O3.